The van der Waals surface area contributed by atoms with E-state index < -0.39 is 4.92 Å². The largest absolute Gasteiger partial charge is 0.320 e. The number of hydrogen-bond acceptors (Lipinski definition) is 7. The van der Waals surface area contributed by atoms with Crippen molar-refractivity contribution in [2.45, 2.75) is 50.1 Å². The number of para-hydroxylation sites is 2. The van der Waals surface area contributed by atoms with Gasteiger partial charge < -0.3 is 5.32 Å². The number of nitro benzene ring substituents is 1. The first-order valence-electron chi connectivity index (χ1n) is 9.15. The summed E-state index contributed by atoms with van der Waals surface area (Å²) in [5, 5.41) is 22.7. The van der Waals surface area contributed by atoms with Crippen LogP contribution in [0.1, 0.15) is 50.9 Å². The third-order valence-corrected chi connectivity index (χ3v) is 7.32. The molecule has 0 radical (unpaired) electrons. The molecule has 2 bridgehead atoms. The maximum Gasteiger partial charge on any atom is 0.292 e. The molecular weight excluding hydrogens is 378 g/mol. The van der Waals surface area contributed by atoms with Gasteiger partial charge in [-0.2, -0.15) is 5.10 Å². The SMILES string of the molecule is CC1(C)[C@H]2CC[C@]1(C)c1nc(SCC(=O)Nc3ccccc3[N+](=O)[O-])nnc12. The molecule has 1 heterocycles. The van der Waals surface area contributed by atoms with Gasteiger partial charge in [-0.3, -0.25) is 14.9 Å². The van der Waals surface area contributed by atoms with Crippen LogP contribution in [0.25, 0.3) is 0 Å². The predicted octanol–water partition coefficient (Wildman–Crippen LogP) is 3.69. The Balaban J connectivity index is 1.46. The van der Waals surface area contributed by atoms with Gasteiger partial charge in [-0.25, -0.2) is 4.98 Å². The number of rotatable bonds is 5. The van der Waals surface area contributed by atoms with Gasteiger partial charge in [-0.15, -0.1) is 5.10 Å². The number of carbonyl (C=O) groups is 1. The average molecular weight is 399 g/mol. The lowest BCUT2D eigenvalue weighted by molar-refractivity contribution is -0.383. The summed E-state index contributed by atoms with van der Waals surface area (Å²) in [4.78, 5) is 27.5. The Labute approximate surface area is 166 Å². The van der Waals surface area contributed by atoms with Crippen molar-refractivity contribution >= 4 is 29.0 Å². The van der Waals surface area contributed by atoms with E-state index in [-0.39, 0.29) is 33.9 Å². The summed E-state index contributed by atoms with van der Waals surface area (Å²) >= 11 is 1.19. The molecule has 2 aliphatic rings. The number of hydrogen-bond donors (Lipinski definition) is 1. The van der Waals surface area contributed by atoms with E-state index in [1.54, 1.807) is 12.1 Å². The highest BCUT2D eigenvalue weighted by atomic mass is 32.2. The number of nitrogens with zero attached hydrogens (tertiary/aromatic N) is 4. The van der Waals surface area contributed by atoms with Crippen molar-refractivity contribution in [3.63, 3.8) is 0 Å². The molecule has 1 aromatic heterocycles. The van der Waals surface area contributed by atoms with E-state index in [2.05, 4.69) is 36.3 Å². The van der Waals surface area contributed by atoms with Crippen LogP contribution in [0.4, 0.5) is 11.4 Å². The number of thioether (sulfide) groups is 1. The Bertz CT molecular complexity index is 980. The zero-order valence-electron chi connectivity index (χ0n) is 15.9. The number of benzene rings is 1. The second kappa shape index (κ2) is 6.51. The van der Waals surface area contributed by atoms with E-state index in [1.807, 2.05) is 0 Å². The highest BCUT2D eigenvalue weighted by molar-refractivity contribution is 7.99. The number of aromatic nitrogens is 3. The van der Waals surface area contributed by atoms with E-state index in [1.165, 1.54) is 23.9 Å². The fourth-order valence-corrected chi connectivity index (χ4v) is 5.07. The summed E-state index contributed by atoms with van der Waals surface area (Å²) in [6.45, 7) is 6.77. The van der Waals surface area contributed by atoms with Crippen LogP contribution in [0.2, 0.25) is 0 Å². The highest BCUT2D eigenvalue weighted by Crippen LogP contribution is 2.66. The van der Waals surface area contributed by atoms with Crippen LogP contribution in [-0.4, -0.2) is 31.8 Å². The van der Waals surface area contributed by atoms with Crippen molar-refractivity contribution in [3.8, 4) is 0 Å². The maximum atomic E-state index is 12.3. The molecule has 1 aromatic carbocycles. The van der Waals surface area contributed by atoms with E-state index in [9.17, 15) is 14.9 Å². The summed E-state index contributed by atoms with van der Waals surface area (Å²) in [5.74, 6) is 0.0840. The van der Waals surface area contributed by atoms with Crippen LogP contribution in [0.15, 0.2) is 29.4 Å². The van der Waals surface area contributed by atoms with Gasteiger partial charge >= 0.3 is 0 Å². The van der Waals surface area contributed by atoms with Crippen molar-refractivity contribution in [1.29, 1.82) is 0 Å². The molecule has 0 saturated heterocycles. The minimum atomic E-state index is -0.520. The molecule has 0 aliphatic heterocycles. The lowest BCUT2D eigenvalue weighted by atomic mass is 9.70. The number of nitrogens with one attached hydrogen (secondary N) is 1. The first-order valence-corrected chi connectivity index (χ1v) is 10.1. The summed E-state index contributed by atoms with van der Waals surface area (Å²) in [6, 6.07) is 6.06. The standard InChI is InChI=1S/C19H21N5O3S/c1-18(2)11-8-9-19(18,3)16-15(11)22-23-17(21-16)28-10-14(25)20-12-6-4-5-7-13(12)24(26)27/h4-7,11H,8-10H2,1-3H3,(H,20,25)/t11-,19+/m0/s1. The van der Waals surface area contributed by atoms with Crippen molar-refractivity contribution in [2.75, 3.05) is 11.1 Å². The van der Waals surface area contributed by atoms with Gasteiger partial charge in [0.25, 0.3) is 5.69 Å². The van der Waals surface area contributed by atoms with Crippen LogP contribution in [0.3, 0.4) is 0 Å². The molecule has 2 aromatic rings. The fourth-order valence-electron chi connectivity index (χ4n) is 4.48. The second-order valence-electron chi connectivity index (χ2n) is 8.08. The van der Waals surface area contributed by atoms with Crippen LogP contribution >= 0.6 is 11.8 Å². The first kappa shape index (κ1) is 18.8. The molecule has 1 amide bonds. The minimum Gasteiger partial charge on any atom is -0.320 e. The van der Waals surface area contributed by atoms with Gasteiger partial charge in [0.1, 0.15) is 5.69 Å². The normalized spacial score (nSPS) is 24.0. The van der Waals surface area contributed by atoms with E-state index in [0.29, 0.717) is 11.1 Å². The molecule has 1 saturated carbocycles. The molecule has 1 N–H and O–H groups in total. The average Bonchev–Trinajstić information content (AvgIpc) is 2.99. The van der Waals surface area contributed by atoms with Gasteiger partial charge in [-0.05, 0) is 24.3 Å². The topological polar surface area (TPSA) is 111 Å². The van der Waals surface area contributed by atoms with Crippen molar-refractivity contribution in [1.82, 2.24) is 15.2 Å². The zero-order valence-corrected chi connectivity index (χ0v) is 16.7. The van der Waals surface area contributed by atoms with Crippen molar-refractivity contribution in [3.05, 3.63) is 45.8 Å². The van der Waals surface area contributed by atoms with Gasteiger partial charge in [0.15, 0.2) is 0 Å². The van der Waals surface area contributed by atoms with Crippen LogP contribution in [-0.2, 0) is 10.2 Å². The Morgan fingerprint density at radius 2 is 2.07 bits per heavy atom. The van der Waals surface area contributed by atoms with Gasteiger partial charge in [0, 0.05) is 17.4 Å². The van der Waals surface area contributed by atoms with Gasteiger partial charge in [0.05, 0.1) is 22.1 Å². The predicted molar refractivity (Wildman–Crippen MR) is 105 cm³/mol. The number of amides is 1. The van der Waals surface area contributed by atoms with E-state index in [4.69, 9.17) is 4.98 Å². The Kier molecular flexibility index (Phi) is 4.37. The molecule has 0 spiro atoms. The maximum absolute atomic E-state index is 12.3. The monoisotopic (exact) mass is 399 g/mol. The molecule has 28 heavy (non-hydrogen) atoms. The highest BCUT2D eigenvalue weighted by Gasteiger charge is 2.61. The first-order chi connectivity index (χ1) is 13.2. The minimum absolute atomic E-state index is 0.0227. The zero-order chi connectivity index (χ0) is 20.1. The summed E-state index contributed by atoms with van der Waals surface area (Å²) in [7, 11) is 0. The molecule has 9 heteroatoms. The van der Waals surface area contributed by atoms with Crippen LogP contribution in [0.5, 0.6) is 0 Å². The van der Waals surface area contributed by atoms with Gasteiger partial charge in [0.2, 0.25) is 11.1 Å². The number of nitro groups is 1. The molecule has 0 unspecified atom stereocenters. The number of anilines is 1. The molecule has 1 fully saturated rings. The molecular formula is C19H21N5O3S. The van der Waals surface area contributed by atoms with E-state index in [0.717, 1.165) is 24.2 Å². The van der Waals surface area contributed by atoms with Crippen molar-refractivity contribution < 1.29 is 9.72 Å². The fraction of sp³-hybridized carbons (Fsp3) is 0.474. The number of fused-ring (bicyclic) bond motifs is 5. The lowest BCUT2D eigenvalue weighted by Gasteiger charge is -2.33. The Morgan fingerprint density at radius 1 is 1.32 bits per heavy atom. The van der Waals surface area contributed by atoms with Crippen LogP contribution < -0.4 is 5.32 Å². The quantitative estimate of drug-likeness (QED) is 0.464. The lowest BCUT2D eigenvalue weighted by Crippen LogP contribution is -2.32. The smallest absolute Gasteiger partial charge is 0.292 e. The van der Waals surface area contributed by atoms with E-state index >= 15 is 0 Å². The molecule has 146 valence electrons. The Morgan fingerprint density at radius 3 is 2.82 bits per heavy atom. The summed E-state index contributed by atoms with van der Waals surface area (Å²) in [6.07, 6.45) is 2.19. The number of carbonyl (C=O) groups excluding carboxylic acids is 1. The Hall–Kier alpha value is -2.55. The molecule has 8 nitrogen and oxygen atoms in total. The van der Waals surface area contributed by atoms with Gasteiger partial charge in [-0.1, -0.05) is 44.7 Å². The second-order valence-corrected chi connectivity index (χ2v) is 9.03. The molecule has 4 rings (SSSR count). The molecule has 2 atom stereocenters. The third-order valence-electron chi connectivity index (χ3n) is 6.48. The van der Waals surface area contributed by atoms with Crippen molar-refractivity contribution in [2.24, 2.45) is 5.41 Å². The summed E-state index contributed by atoms with van der Waals surface area (Å²) < 4.78 is 0. The van der Waals surface area contributed by atoms with Crippen LogP contribution in [0, 0.1) is 15.5 Å². The summed E-state index contributed by atoms with van der Waals surface area (Å²) in [5.41, 5.74) is 2.12. The molecule has 2 aliphatic carbocycles. The third kappa shape index (κ3) is 2.76.